The van der Waals surface area contributed by atoms with E-state index in [1.807, 2.05) is 18.2 Å². The van der Waals surface area contributed by atoms with Crippen molar-refractivity contribution < 1.29 is 8.42 Å². The molecule has 1 saturated heterocycles. The maximum Gasteiger partial charge on any atom is 0.216 e. The predicted octanol–water partition coefficient (Wildman–Crippen LogP) is 2.76. The lowest BCUT2D eigenvalue weighted by molar-refractivity contribution is 0.316. The fourth-order valence-electron chi connectivity index (χ4n) is 3.84. The van der Waals surface area contributed by atoms with E-state index >= 15 is 0 Å². The number of rotatable bonds is 4. The summed E-state index contributed by atoms with van der Waals surface area (Å²) in [7, 11) is -3.07. The molecule has 144 valence electrons. The number of hydrogen-bond donors (Lipinski definition) is 0. The van der Waals surface area contributed by atoms with Crippen LogP contribution in [0.5, 0.6) is 0 Å². The highest BCUT2D eigenvalue weighted by Gasteiger charge is 2.41. The Hall–Kier alpha value is -2.45. The highest BCUT2D eigenvalue weighted by atomic mass is 32.2. The van der Waals surface area contributed by atoms with Crippen molar-refractivity contribution in [3.8, 4) is 11.1 Å². The summed E-state index contributed by atoms with van der Waals surface area (Å²) in [6.45, 7) is 1.17. The van der Waals surface area contributed by atoms with Crippen molar-refractivity contribution in [2.24, 2.45) is 0 Å². The van der Waals surface area contributed by atoms with Gasteiger partial charge in [-0.2, -0.15) is 0 Å². The third-order valence-electron chi connectivity index (χ3n) is 5.64. The second-order valence-electron chi connectivity index (χ2n) is 7.55. The summed E-state index contributed by atoms with van der Waals surface area (Å²) in [4.78, 5) is 17.4. The normalized spacial score (nSPS) is 19.1. The van der Waals surface area contributed by atoms with Crippen LogP contribution in [0.2, 0.25) is 0 Å². The zero-order valence-electron chi connectivity index (χ0n) is 15.4. The van der Waals surface area contributed by atoms with Crippen molar-refractivity contribution in [1.82, 2.24) is 24.2 Å². The molecule has 1 aliphatic heterocycles. The van der Waals surface area contributed by atoms with E-state index in [1.54, 1.807) is 22.9 Å². The lowest BCUT2D eigenvalue weighted by atomic mass is 9.94. The van der Waals surface area contributed by atoms with Gasteiger partial charge in [-0.05, 0) is 43.9 Å². The molecule has 0 radical (unpaired) electrons. The molecule has 5 rings (SSSR count). The third kappa shape index (κ3) is 3.27. The second kappa shape index (κ2) is 6.86. The molecular weight excluding hydrogens is 374 g/mol. The zero-order valence-corrected chi connectivity index (χ0v) is 16.2. The van der Waals surface area contributed by atoms with E-state index in [0.717, 1.165) is 47.9 Å². The molecule has 2 aliphatic rings. The highest BCUT2D eigenvalue weighted by Crippen LogP contribution is 2.35. The Kier molecular flexibility index (Phi) is 4.32. The molecular formula is C20H21N5O2S. The van der Waals surface area contributed by atoms with Gasteiger partial charge >= 0.3 is 0 Å². The van der Waals surface area contributed by atoms with E-state index in [0.29, 0.717) is 18.7 Å². The first-order chi connectivity index (χ1) is 13.6. The minimum Gasteiger partial charge on any atom is -0.244 e. The van der Waals surface area contributed by atoms with Gasteiger partial charge in [-0.3, -0.25) is 0 Å². The average molecular weight is 395 g/mol. The van der Waals surface area contributed by atoms with Crippen molar-refractivity contribution in [1.29, 1.82) is 0 Å². The molecule has 1 saturated carbocycles. The minimum atomic E-state index is -3.07. The summed E-state index contributed by atoms with van der Waals surface area (Å²) in [5, 5.41) is 0.843. The molecule has 4 heterocycles. The van der Waals surface area contributed by atoms with Crippen LogP contribution in [0.15, 0.2) is 43.1 Å². The molecule has 2 fully saturated rings. The SMILES string of the molecule is O=S(=O)(C1CC1)N1CCC(c2ccc3cc(-c4cncnc4)cnc3n2)CC1. The molecule has 0 unspecified atom stereocenters. The summed E-state index contributed by atoms with van der Waals surface area (Å²) in [5.41, 5.74) is 3.59. The standard InChI is InChI=1S/C20H21N5O2S/c26-28(27,18-2-3-18)25-7-5-14(6-8-25)19-4-1-15-9-16(12-23-20(15)24-19)17-10-21-13-22-11-17/h1,4,9-14,18H,2-3,5-8H2. The van der Waals surface area contributed by atoms with Crippen molar-refractivity contribution in [3.05, 3.63) is 48.8 Å². The Morgan fingerprint density at radius 3 is 2.39 bits per heavy atom. The van der Waals surface area contributed by atoms with Crippen LogP contribution < -0.4 is 0 Å². The van der Waals surface area contributed by atoms with E-state index < -0.39 is 10.0 Å². The van der Waals surface area contributed by atoms with Gasteiger partial charge < -0.3 is 0 Å². The number of fused-ring (bicyclic) bond motifs is 1. The maximum absolute atomic E-state index is 12.4. The monoisotopic (exact) mass is 395 g/mol. The van der Waals surface area contributed by atoms with E-state index in [2.05, 4.69) is 15.0 Å². The van der Waals surface area contributed by atoms with Crippen molar-refractivity contribution >= 4 is 21.1 Å². The maximum atomic E-state index is 12.4. The van der Waals surface area contributed by atoms with Crippen molar-refractivity contribution in [3.63, 3.8) is 0 Å². The topological polar surface area (TPSA) is 88.9 Å². The van der Waals surface area contributed by atoms with Crippen LogP contribution in [-0.2, 0) is 10.0 Å². The minimum absolute atomic E-state index is 0.128. The van der Waals surface area contributed by atoms with Crippen LogP contribution in [0, 0.1) is 0 Å². The van der Waals surface area contributed by atoms with Gasteiger partial charge in [0.2, 0.25) is 10.0 Å². The lowest BCUT2D eigenvalue weighted by Gasteiger charge is -2.31. The molecule has 0 bridgehead atoms. The quantitative estimate of drug-likeness (QED) is 0.675. The van der Waals surface area contributed by atoms with Gasteiger partial charge in [-0.25, -0.2) is 32.7 Å². The zero-order chi connectivity index (χ0) is 19.1. The van der Waals surface area contributed by atoms with Gasteiger partial charge in [-0.15, -0.1) is 0 Å². The van der Waals surface area contributed by atoms with Gasteiger partial charge in [0, 0.05) is 59.8 Å². The number of aromatic nitrogens is 4. The molecule has 8 heteroatoms. The molecule has 0 amide bonds. The molecule has 3 aromatic heterocycles. The largest absolute Gasteiger partial charge is 0.244 e. The number of sulfonamides is 1. The molecule has 0 N–H and O–H groups in total. The molecule has 28 heavy (non-hydrogen) atoms. The van der Waals surface area contributed by atoms with Gasteiger partial charge in [0.15, 0.2) is 5.65 Å². The van der Waals surface area contributed by atoms with Crippen LogP contribution in [0.4, 0.5) is 0 Å². The Morgan fingerprint density at radius 1 is 0.929 bits per heavy atom. The van der Waals surface area contributed by atoms with Gasteiger partial charge in [0.25, 0.3) is 0 Å². The Labute approximate surface area is 163 Å². The smallest absolute Gasteiger partial charge is 0.216 e. The fraction of sp³-hybridized carbons (Fsp3) is 0.400. The second-order valence-corrected chi connectivity index (χ2v) is 9.76. The molecule has 0 atom stereocenters. The van der Waals surface area contributed by atoms with E-state index in [4.69, 9.17) is 4.98 Å². The molecule has 0 spiro atoms. The molecule has 0 aromatic carbocycles. The summed E-state index contributed by atoms with van der Waals surface area (Å²) in [5.74, 6) is 0.277. The van der Waals surface area contributed by atoms with Crippen LogP contribution in [0.25, 0.3) is 22.2 Å². The lowest BCUT2D eigenvalue weighted by Crippen LogP contribution is -2.39. The fourth-order valence-corrected chi connectivity index (χ4v) is 5.71. The first-order valence-corrected chi connectivity index (χ1v) is 11.1. The molecule has 7 nitrogen and oxygen atoms in total. The van der Waals surface area contributed by atoms with Crippen LogP contribution in [0.1, 0.15) is 37.3 Å². The molecule has 1 aliphatic carbocycles. The van der Waals surface area contributed by atoms with Gasteiger partial charge in [0.1, 0.15) is 6.33 Å². The van der Waals surface area contributed by atoms with Crippen molar-refractivity contribution in [2.45, 2.75) is 36.9 Å². The first kappa shape index (κ1) is 17.6. The van der Waals surface area contributed by atoms with Crippen LogP contribution in [0.3, 0.4) is 0 Å². The third-order valence-corrected chi connectivity index (χ3v) is 8.03. The Morgan fingerprint density at radius 2 is 1.68 bits per heavy atom. The van der Waals surface area contributed by atoms with E-state index in [9.17, 15) is 8.42 Å². The highest BCUT2D eigenvalue weighted by molar-refractivity contribution is 7.90. The van der Waals surface area contributed by atoms with Crippen LogP contribution >= 0.6 is 0 Å². The number of piperidine rings is 1. The average Bonchev–Trinajstić information content (AvgIpc) is 3.60. The number of pyridine rings is 2. The van der Waals surface area contributed by atoms with Gasteiger partial charge in [0.05, 0.1) is 5.25 Å². The summed E-state index contributed by atoms with van der Waals surface area (Å²) in [6, 6.07) is 6.14. The summed E-state index contributed by atoms with van der Waals surface area (Å²) < 4.78 is 26.5. The van der Waals surface area contributed by atoms with E-state index in [-0.39, 0.29) is 11.2 Å². The van der Waals surface area contributed by atoms with Crippen molar-refractivity contribution in [2.75, 3.05) is 13.1 Å². The van der Waals surface area contributed by atoms with E-state index in [1.165, 1.54) is 6.33 Å². The van der Waals surface area contributed by atoms with Crippen LogP contribution in [-0.4, -0.2) is 51.0 Å². The first-order valence-electron chi connectivity index (χ1n) is 9.62. The number of hydrogen-bond acceptors (Lipinski definition) is 6. The predicted molar refractivity (Wildman–Crippen MR) is 106 cm³/mol. The molecule has 3 aromatic rings. The summed E-state index contributed by atoms with van der Waals surface area (Å²) >= 11 is 0. The Balaban J connectivity index is 1.34. The van der Waals surface area contributed by atoms with Gasteiger partial charge in [-0.1, -0.05) is 0 Å². The number of nitrogens with zero attached hydrogens (tertiary/aromatic N) is 5. The Bertz CT molecular complexity index is 1110. The summed E-state index contributed by atoms with van der Waals surface area (Å²) in [6.07, 6.45) is 10.1.